The number of hydrogen-bond donors (Lipinski definition) is 2. The summed E-state index contributed by atoms with van der Waals surface area (Å²) in [5.74, 6) is 0.781. The smallest absolute Gasteiger partial charge is 0.321 e. The number of benzene rings is 1. The van der Waals surface area contributed by atoms with E-state index in [0.717, 1.165) is 11.6 Å². The first-order valence-electron chi connectivity index (χ1n) is 6.51. The van der Waals surface area contributed by atoms with Crippen LogP contribution in [0.15, 0.2) is 18.2 Å². The topological polar surface area (TPSA) is 44.4 Å². The van der Waals surface area contributed by atoms with Gasteiger partial charge in [0.05, 0.1) is 0 Å². The fraction of sp³-hybridized carbons (Fsp3) is 0.500. The first kappa shape index (κ1) is 11.5. The van der Waals surface area contributed by atoms with E-state index in [2.05, 4.69) is 22.8 Å². The van der Waals surface area contributed by atoms with Crippen LogP contribution in [0.1, 0.15) is 30.0 Å². The molecule has 1 unspecified atom stereocenters. The summed E-state index contributed by atoms with van der Waals surface area (Å²) in [5, 5.41) is 6.31. The summed E-state index contributed by atoms with van der Waals surface area (Å²) in [6.07, 6.45) is 2.64. The largest absolute Gasteiger partial charge is 0.323 e. The molecule has 1 aromatic carbocycles. The van der Waals surface area contributed by atoms with Gasteiger partial charge in [0.25, 0.3) is 0 Å². The van der Waals surface area contributed by atoms with Gasteiger partial charge in [0.15, 0.2) is 0 Å². The molecule has 96 valence electrons. The molecule has 0 spiro atoms. The van der Waals surface area contributed by atoms with Crippen molar-refractivity contribution >= 4 is 11.7 Å². The van der Waals surface area contributed by atoms with Crippen LogP contribution in [-0.4, -0.2) is 25.0 Å². The Balaban J connectivity index is 1.90. The lowest BCUT2D eigenvalue weighted by Crippen LogP contribution is -2.35. The first-order valence-corrected chi connectivity index (χ1v) is 6.51. The number of rotatable bonds is 3. The highest BCUT2D eigenvalue weighted by molar-refractivity contribution is 5.92. The lowest BCUT2D eigenvalue weighted by Gasteiger charge is -2.27. The maximum Gasteiger partial charge on any atom is 0.321 e. The van der Waals surface area contributed by atoms with E-state index < -0.39 is 0 Å². The van der Waals surface area contributed by atoms with Crippen molar-refractivity contribution in [1.82, 2.24) is 10.2 Å². The van der Waals surface area contributed by atoms with Crippen LogP contribution in [0.3, 0.4) is 0 Å². The van der Waals surface area contributed by atoms with Gasteiger partial charge < -0.3 is 15.5 Å². The van der Waals surface area contributed by atoms with Gasteiger partial charge in [0.2, 0.25) is 0 Å². The van der Waals surface area contributed by atoms with E-state index in [1.165, 1.54) is 24.0 Å². The molecular weight excluding hydrogens is 226 g/mol. The zero-order valence-electron chi connectivity index (χ0n) is 10.9. The zero-order chi connectivity index (χ0) is 12.7. The Bertz CT molecular complexity index is 482. The Morgan fingerprint density at radius 3 is 2.89 bits per heavy atom. The average Bonchev–Trinajstić information content (AvgIpc) is 3.16. The molecule has 0 radical (unpaired) electrons. The molecule has 0 bridgehead atoms. The molecule has 4 nitrogen and oxygen atoms in total. The Morgan fingerprint density at radius 1 is 1.44 bits per heavy atom. The summed E-state index contributed by atoms with van der Waals surface area (Å²) in [6.45, 7) is 0.691. The normalized spacial score (nSPS) is 20.3. The molecule has 1 aromatic rings. The van der Waals surface area contributed by atoms with Crippen molar-refractivity contribution in [2.75, 3.05) is 19.4 Å². The predicted octanol–water partition coefficient (Wildman–Crippen LogP) is 2.33. The van der Waals surface area contributed by atoms with E-state index in [0.29, 0.717) is 12.6 Å². The van der Waals surface area contributed by atoms with E-state index in [4.69, 9.17) is 0 Å². The minimum atomic E-state index is -0.0254. The van der Waals surface area contributed by atoms with Crippen LogP contribution in [0.5, 0.6) is 0 Å². The zero-order valence-corrected chi connectivity index (χ0v) is 10.9. The van der Waals surface area contributed by atoms with Crippen molar-refractivity contribution in [3.8, 4) is 0 Å². The van der Waals surface area contributed by atoms with Gasteiger partial charge in [-0.25, -0.2) is 4.79 Å². The summed E-state index contributed by atoms with van der Waals surface area (Å²) >= 11 is 0. The third-order valence-corrected chi connectivity index (χ3v) is 3.89. The second-order valence-corrected chi connectivity index (χ2v) is 5.31. The minimum absolute atomic E-state index is 0.0254. The third-order valence-electron chi connectivity index (χ3n) is 3.89. The van der Waals surface area contributed by atoms with Crippen LogP contribution in [-0.2, 0) is 6.54 Å². The molecule has 0 aromatic heterocycles. The molecule has 1 heterocycles. The third kappa shape index (κ3) is 1.97. The summed E-state index contributed by atoms with van der Waals surface area (Å²) in [6, 6.07) is 6.82. The maximum absolute atomic E-state index is 11.6. The Labute approximate surface area is 107 Å². The summed E-state index contributed by atoms with van der Waals surface area (Å²) in [4.78, 5) is 13.3. The van der Waals surface area contributed by atoms with Crippen LogP contribution in [0.25, 0.3) is 0 Å². The summed E-state index contributed by atoms with van der Waals surface area (Å²) < 4.78 is 0. The highest BCUT2D eigenvalue weighted by Crippen LogP contribution is 2.41. The molecule has 1 fully saturated rings. The molecule has 2 N–H and O–H groups in total. The second-order valence-electron chi connectivity index (χ2n) is 5.31. The van der Waals surface area contributed by atoms with E-state index >= 15 is 0 Å². The van der Waals surface area contributed by atoms with Crippen molar-refractivity contribution in [1.29, 1.82) is 0 Å². The number of hydrogen-bond acceptors (Lipinski definition) is 2. The number of urea groups is 1. The van der Waals surface area contributed by atoms with Crippen LogP contribution in [0.4, 0.5) is 10.5 Å². The second kappa shape index (κ2) is 4.28. The van der Waals surface area contributed by atoms with Gasteiger partial charge in [-0.05, 0) is 43.0 Å². The standard InChI is InChI=1S/C14H19N3O/c1-15-13(9-3-4-9)10-5-6-12-11(7-10)8-17(2)14(18)16-12/h5-7,9,13,15H,3-4,8H2,1-2H3,(H,16,18). The molecule has 1 atom stereocenters. The molecule has 0 saturated heterocycles. The molecule has 18 heavy (non-hydrogen) atoms. The number of carbonyl (C=O) groups excluding carboxylic acids is 1. The van der Waals surface area contributed by atoms with Crippen LogP contribution >= 0.6 is 0 Å². The van der Waals surface area contributed by atoms with E-state index in [1.54, 1.807) is 4.90 Å². The van der Waals surface area contributed by atoms with Gasteiger partial charge in [-0.2, -0.15) is 0 Å². The number of anilines is 1. The number of carbonyl (C=O) groups is 1. The quantitative estimate of drug-likeness (QED) is 0.858. The highest BCUT2D eigenvalue weighted by atomic mass is 16.2. The van der Waals surface area contributed by atoms with Crippen molar-refractivity contribution in [2.45, 2.75) is 25.4 Å². The van der Waals surface area contributed by atoms with Gasteiger partial charge in [0.1, 0.15) is 0 Å². The van der Waals surface area contributed by atoms with Crippen LogP contribution in [0.2, 0.25) is 0 Å². The van der Waals surface area contributed by atoms with E-state index in [1.807, 2.05) is 20.2 Å². The molecule has 1 saturated carbocycles. The number of nitrogens with zero attached hydrogens (tertiary/aromatic N) is 1. The highest BCUT2D eigenvalue weighted by Gasteiger charge is 2.31. The lowest BCUT2D eigenvalue weighted by atomic mass is 9.98. The van der Waals surface area contributed by atoms with Gasteiger partial charge in [-0.3, -0.25) is 0 Å². The van der Waals surface area contributed by atoms with Crippen molar-refractivity contribution in [3.63, 3.8) is 0 Å². The molecule has 2 amide bonds. The number of fused-ring (bicyclic) bond motifs is 1. The molecular formula is C14H19N3O. The van der Waals surface area contributed by atoms with Crippen molar-refractivity contribution in [3.05, 3.63) is 29.3 Å². The minimum Gasteiger partial charge on any atom is -0.323 e. The van der Waals surface area contributed by atoms with Gasteiger partial charge in [0, 0.05) is 25.3 Å². The van der Waals surface area contributed by atoms with Gasteiger partial charge in [-0.15, -0.1) is 0 Å². The monoisotopic (exact) mass is 245 g/mol. The molecule has 3 rings (SSSR count). The molecule has 1 aliphatic heterocycles. The Hall–Kier alpha value is -1.55. The fourth-order valence-corrected chi connectivity index (χ4v) is 2.70. The summed E-state index contributed by atoms with van der Waals surface area (Å²) in [5.41, 5.74) is 3.49. The number of nitrogens with one attached hydrogen (secondary N) is 2. The average molecular weight is 245 g/mol. The first-order chi connectivity index (χ1) is 8.69. The molecule has 2 aliphatic rings. The Morgan fingerprint density at radius 2 is 2.22 bits per heavy atom. The van der Waals surface area contributed by atoms with E-state index in [9.17, 15) is 4.79 Å². The van der Waals surface area contributed by atoms with Gasteiger partial charge in [-0.1, -0.05) is 12.1 Å². The Kier molecular flexibility index (Phi) is 2.74. The number of amides is 2. The summed E-state index contributed by atoms with van der Waals surface area (Å²) in [7, 11) is 3.84. The van der Waals surface area contributed by atoms with Crippen LogP contribution in [0, 0.1) is 5.92 Å². The SMILES string of the molecule is CNC(c1ccc2c(c1)CN(C)C(=O)N2)C1CC1. The fourth-order valence-electron chi connectivity index (χ4n) is 2.70. The van der Waals surface area contributed by atoms with Gasteiger partial charge >= 0.3 is 6.03 Å². The van der Waals surface area contributed by atoms with E-state index in [-0.39, 0.29) is 6.03 Å². The van der Waals surface area contributed by atoms with Crippen molar-refractivity contribution in [2.24, 2.45) is 5.92 Å². The lowest BCUT2D eigenvalue weighted by molar-refractivity contribution is 0.218. The van der Waals surface area contributed by atoms with Crippen molar-refractivity contribution < 1.29 is 4.79 Å². The molecule has 1 aliphatic carbocycles. The maximum atomic E-state index is 11.6. The predicted molar refractivity (Wildman–Crippen MR) is 71.5 cm³/mol. The molecule has 4 heteroatoms. The van der Waals surface area contributed by atoms with Crippen LogP contribution < -0.4 is 10.6 Å².